The predicted molar refractivity (Wildman–Crippen MR) is 69.4 cm³/mol. The molecule has 0 saturated heterocycles. The molecule has 1 aromatic carbocycles. The summed E-state index contributed by atoms with van der Waals surface area (Å²) in [4.78, 5) is 15.3. The Bertz CT molecular complexity index is 567. The normalized spacial score (nSPS) is 11.2. The van der Waals surface area contributed by atoms with E-state index in [2.05, 4.69) is 15.6 Å². The molecule has 2 rings (SSSR count). The molecule has 2 N–H and O–H groups in total. The van der Waals surface area contributed by atoms with Crippen molar-refractivity contribution in [1.29, 1.82) is 0 Å². The first-order chi connectivity index (χ1) is 9.45. The SMILES string of the molecule is O=C(NCc1ccc(C(F)(F)F)cc1)Nc1nccs1. The molecule has 4 nitrogen and oxygen atoms in total. The number of anilines is 1. The lowest BCUT2D eigenvalue weighted by molar-refractivity contribution is -0.137. The molecule has 0 unspecified atom stereocenters. The van der Waals surface area contributed by atoms with Crippen molar-refractivity contribution < 1.29 is 18.0 Å². The maximum atomic E-state index is 12.4. The Labute approximate surface area is 116 Å². The lowest BCUT2D eigenvalue weighted by atomic mass is 10.1. The summed E-state index contributed by atoms with van der Waals surface area (Å²) < 4.78 is 37.1. The van der Waals surface area contributed by atoms with Crippen molar-refractivity contribution in [1.82, 2.24) is 10.3 Å². The van der Waals surface area contributed by atoms with Gasteiger partial charge in [0.15, 0.2) is 5.13 Å². The summed E-state index contributed by atoms with van der Waals surface area (Å²) in [5.74, 6) is 0. The van der Waals surface area contributed by atoms with Crippen LogP contribution in [0.15, 0.2) is 35.8 Å². The number of amides is 2. The smallest absolute Gasteiger partial charge is 0.334 e. The average molecular weight is 301 g/mol. The van der Waals surface area contributed by atoms with Gasteiger partial charge in [-0.25, -0.2) is 9.78 Å². The number of nitrogens with one attached hydrogen (secondary N) is 2. The van der Waals surface area contributed by atoms with Crippen molar-refractivity contribution in [2.24, 2.45) is 0 Å². The number of rotatable bonds is 3. The van der Waals surface area contributed by atoms with Crippen molar-refractivity contribution in [3.63, 3.8) is 0 Å². The molecular formula is C12H10F3N3OS. The van der Waals surface area contributed by atoms with Crippen molar-refractivity contribution in [3.8, 4) is 0 Å². The Hall–Kier alpha value is -2.09. The number of carbonyl (C=O) groups excluding carboxylic acids is 1. The number of halogens is 3. The number of benzene rings is 1. The molecule has 0 atom stereocenters. The summed E-state index contributed by atoms with van der Waals surface area (Å²) in [6.45, 7) is 0.134. The molecule has 0 spiro atoms. The summed E-state index contributed by atoms with van der Waals surface area (Å²) in [6, 6.07) is 4.16. The van der Waals surface area contributed by atoms with Gasteiger partial charge in [0.1, 0.15) is 0 Å². The average Bonchev–Trinajstić information content (AvgIpc) is 2.88. The zero-order chi connectivity index (χ0) is 14.6. The fourth-order valence-corrected chi connectivity index (χ4v) is 1.94. The van der Waals surface area contributed by atoms with Gasteiger partial charge in [-0.15, -0.1) is 11.3 Å². The third-order valence-corrected chi connectivity index (χ3v) is 3.08. The van der Waals surface area contributed by atoms with E-state index in [-0.39, 0.29) is 6.54 Å². The van der Waals surface area contributed by atoms with E-state index in [1.807, 2.05) is 0 Å². The highest BCUT2D eigenvalue weighted by Gasteiger charge is 2.29. The third kappa shape index (κ3) is 3.95. The summed E-state index contributed by atoms with van der Waals surface area (Å²) in [6.07, 6.45) is -2.80. The molecule has 106 valence electrons. The molecule has 0 aliphatic rings. The van der Waals surface area contributed by atoms with Gasteiger partial charge in [-0.05, 0) is 17.7 Å². The Morgan fingerprint density at radius 3 is 2.50 bits per heavy atom. The first-order valence-electron chi connectivity index (χ1n) is 5.55. The van der Waals surface area contributed by atoms with E-state index in [4.69, 9.17) is 0 Å². The number of urea groups is 1. The minimum absolute atomic E-state index is 0.134. The van der Waals surface area contributed by atoms with E-state index in [1.165, 1.54) is 23.5 Å². The lowest BCUT2D eigenvalue weighted by Crippen LogP contribution is -2.28. The van der Waals surface area contributed by atoms with E-state index in [0.717, 1.165) is 12.1 Å². The number of aromatic nitrogens is 1. The first-order valence-corrected chi connectivity index (χ1v) is 6.43. The molecule has 1 heterocycles. The quantitative estimate of drug-likeness (QED) is 0.912. The maximum absolute atomic E-state index is 12.4. The summed E-state index contributed by atoms with van der Waals surface area (Å²) in [5.41, 5.74) is -0.138. The van der Waals surface area contributed by atoms with Crippen LogP contribution in [0.5, 0.6) is 0 Å². The van der Waals surface area contributed by atoms with Crippen molar-refractivity contribution in [2.45, 2.75) is 12.7 Å². The van der Waals surface area contributed by atoms with Crippen LogP contribution in [0.25, 0.3) is 0 Å². The van der Waals surface area contributed by atoms with Gasteiger partial charge >= 0.3 is 12.2 Å². The van der Waals surface area contributed by atoms with Gasteiger partial charge in [-0.3, -0.25) is 5.32 Å². The number of hydrogen-bond acceptors (Lipinski definition) is 3. The molecule has 2 aromatic rings. The van der Waals surface area contributed by atoms with E-state index >= 15 is 0 Å². The highest BCUT2D eigenvalue weighted by Crippen LogP contribution is 2.29. The van der Waals surface area contributed by atoms with Gasteiger partial charge in [0.25, 0.3) is 0 Å². The van der Waals surface area contributed by atoms with Crippen LogP contribution in [-0.2, 0) is 12.7 Å². The first kappa shape index (κ1) is 14.3. The van der Waals surface area contributed by atoms with E-state index < -0.39 is 17.8 Å². The van der Waals surface area contributed by atoms with Crippen LogP contribution in [0, 0.1) is 0 Å². The highest BCUT2D eigenvalue weighted by atomic mass is 32.1. The largest absolute Gasteiger partial charge is 0.416 e. The topological polar surface area (TPSA) is 54.0 Å². The van der Waals surface area contributed by atoms with E-state index in [1.54, 1.807) is 11.6 Å². The van der Waals surface area contributed by atoms with Gasteiger partial charge in [-0.1, -0.05) is 12.1 Å². The number of carbonyl (C=O) groups is 1. The Morgan fingerprint density at radius 1 is 1.25 bits per heavy atom. The molecular weight excluding hydrogens is 291 g/mol. The van der Waals surface area contributed by atoms with Crippen molar-refractivity contribution in [3.05, 3.63) is 47.0 Å². The Morgan fingerprint density at radius 2 is 1.95 bits per heavy atom. The zero-order valence-electron chi connectivity index (χ0n) is 10.1. The fraction of sp³-hybridized carbons (Fsp3) is 0.167. The fourth-order valence-electron chi connectivity index (χ4n) is 1.42. The minimum atomic E-state index is -4.35. The van der Waals surface area contributed by atoms with Gasteiger partial charge in [0.2, 0.25) is 0 Å². The number of alkyl halides is 3. The van der Waals surface area contributed by atoms with Crippen LogP contribution >= 0.6 is 11.3 Å². The Kier molecular flexibility index (Phi) is 4.23. The maximum Gasteiger partial charge on any atom is 0.416 e. The second-order valence-electron chi connectivity index (χ2n) is 3.84. The zero-order valence-corrected chi connectivity index (χ0v) is 10.9. The van der Waals surface area contributed by atoms with Crippen molar-refractivity contribution >= 4 is 22.5 Å². The summed E-state index contributed by atoms with van der Waals surface area (Å²) >= 11 is 1.27. The highest BCUT2D eigenvalue weighted by molar-refractivity contribution is 7.13. The Balaban J connectivity index is 1.86. The number of thiazole rings is 1. The molecule has 0 aliphatic carbocycles. The van der Waals surface area contributed by atoms with E-state index in [9.17, 15) is 18.0 Å². The second kappa shape index (κ2) is 5.91. The molecule has 0 bridgehead atoms. The van der Waals surface area contributed by atoms with Crippen LogP contribution in [-0.4, -0.2) is 11.0 Å². The van der Waals surface area contributed by atoms with Crippen LogP contribution in [0.1, 0.15) is 11.1 Å². The second-order valence-corrected chi connectivity index (χ2v) is 4.73. The summed E-state index contributed by atoms with van der Waals surface area (Å²) in [5, 5.41) is 7.20. The molecule has 0 saturated carbocycles. The van der Waals surface area contributed by atoms with Crippen molar-refractivity contribution in [2.75, 3.05) is 5.32 Å². The van der Waals surface area contributed by atoms with Gasteiger partial charge in [0.05, 0.1) is 5.56 Å². The molecule has 2 amide bonds. The summed E-state index contributed by atoms with van der Waals surface area (Å²) in [7, 11) is 0. The number of hydrogen-bond donors (Lipinski definition) is 2. The van der Waals surface area contributed by atoms with Crippen LogP contribution in [0.3, 0.4) is 0 Å². The molecule has 1 aromatic heterocycles. The van der Waals surface area contributed by atoms with Crippen LogP contribution in [0.4, 0.5) is 23.1 Å². The van der Waals surface area contributed by atoms with Crippen LogP contribution in [0.2, 0.25) is 0 Å². The number of nitrogens with zero attached hydrogens (tertiary/aromatic N) is 1. The van der Waals surface area contributed by atoms with Gasteiger partial charge in [-0.2, -0.15) is 13.2 Å². The lowest BCUT2D eigenvalue weighted by Gasteiger charge is -2.08. The minimum Gasteiger partial charge on any atom is -0.334 e. The predicted octanol–water partition coefficient (Wildman–Crippen LogP) is 3.48. The molecule has 0 aliphatic heterocycles. The van der Waals surface area contributed by atoms with Crippen LogP contribution < -0.4 is 10.6 Å². The van der Waals surface area contributed by atoms with Gasteiger partial charge < -0.3 is 5.32 Å². The molecule has 0 fully saturated rings. The molecule has 8 heteroatoms. The molecule has 20 heavy (non-hydrogen) atoms. The van der Waals surface area contributed by atoms with E-state index in [0.29, 0.717) is 10.7 Å². The third-order valence-electron chi connectivity index (χ3n) is 2.39. The standard InChI is InChI=1S/C12H10F3N3OS/c13-12(14,15)9-3-1-8(2-4-9)7-17-10(19)18-11-16-5-6-20-11/h1-6H,7H2,(H2,16,17,18,19). The molecule has 0 radical (unpaired) electrons. The monoisotopic (exact) mass is 301 g/mol. The van der Waals surface area contributed by atoms with Gasteiger partial charge in [0, 0.05) is 18.1 Å².